The summed E-state index contributed by atoms with van der Waals surface area (Å²) < 4.78 is 30.9. The van der Waals surface area contributed by atoms with Crippen LogP contribution in [0.25, 0.3) is 28.1 Å². The van der Waals surface area contributed by atoms with Crippen LogP contribution in [0.4, 0.5) is 8.78 Å². The molecule has 38 heavy (non-hydrogen) atoms. The molecule has 0 bridgehead atoms. The Morgan fingerprint density at radius 2 is 1.97 bits per heavy atom. The molecular weight excluding hydrogens is 490 g/mol. The first-order valence-corrected chi connectivity index (χ1v) is 13.4. The second kappa shape index (κ2) is 10.3. The molecule has 2 aromatic carbocycles. The highest BCUT2D eigenvalue weighted by Gasteiger charge is 2.21. The maximum atomic E-state index is 15.0. The fraction of sp³-hybridized carbons (Fsp3) is 0.429. The van der Waals surface area contributed by atoms with Crippen LogP contribution in [0.2, 0.25) is 0 Å². The van der Waals surface area contributed by atoms with Gasteiger partial charge in [0.25, 0.3) is 5.91 Å². The molecule has 2 saturated heterocycles. The number of carbonyl (C=O) groups is 1. The van der Waals surface area contributed by atoms with Crippen LogP contribution in [0.5, 0.6) is 0 Å². The van der Waals surface area contributed by atoms with Crippen LogP contribution in [0.3, 0.4) is 0 Å². The van der Waals surface area contributed by atoms with Gasteiger partial charge in [-0.05, 0) is 81.1 Å². The van der Waals surface area contributed by atoms with Gasteiger partial charge in [0.15, 0.2) is 0 Å². The highest BCUT2D eigenvalue weighted by atomic mass is 19.1. The zero-order valence-electron chi connectivity index (χ0n) is 21.2. The summed E-state index contributed by atoms with van der Waals surface area (Å²) in [6.07, 6.45) is 5.03. The smallest absolute Gasteiger partial charge is 0.251 e. The summed E-state index contributed by atoms with van der Waals surface area (Å²) in [5, 5.41) is 17.1. The van der Waals surface area contributed by atoms with Crippen molar-refractivity contribution in [3.05, 3.63) is 59.5 Å². The molecule has 8 nitrogen and oxygen atoms in total. The van der Waals surface area contributed by atoms with Gasteiger partial charge in [-0.1, -0.05) is 6.07 Å². The number of hydrogen-bond donors (Lipinski definition) is 3. The van der Waals surface area contributed by atoms with Gasteiger partial charge >= 0.3 is 0 Å². The Balaban J connectivity index is 1.15. The van der Waals surface area contributed by atoms with Crippen LogP contribution in [-0.4, -0.2) is 69.0 Å². The molecule has 4 aromatic rings. The molecule has 1 atom stereocenters. The molecule has 1 amide bonds. The minimum absolute atomic E-state index is 0.178. The lowest BCUT2D eigenvalue weighted by atomic mass is 10.0. The summed E-state index contributed by atoms with van der Waals surface area (Å²) in [7, 11) is 0. The van der Waals surface area contributed by atoms with Crippen molar-refractivity contribution < 1.29 is 18.8 Å². The molecule has 0 saturated carbocycles. The number of aromatic nitrogens is 3. The van der Waals surface area contributed by atoms with E-state index in [1.54, 1.807) is 40.9 Å². The van der Waals surface area contributed by atoms with Crippen molar-refractivity contribution in [2.75, 3.05) is 32.7 Å². The van der Waals surface area contributed by atoms with Gasteiger partial charge in [-0.2, -0.15) is 0 Å². The van der Waals surface area contributed by atoms with E-state index < -0.39 is 6.17 Å². The molecule has 0 aliphatic carbocycles. The Morgan fingerprint density at radius 3 is 2.74 bits per heavy atom. The van der Waals surface area contributed by atoms with Gasteiger partial charge in [0, 0.05) is 43.0 Å². The van der Waals surface area contributed by atoms with E-state index in [9.17, 15) is 14.4 Å². The number of piperidine rings is 1. The summed E-state index contributed by atoms with van der Waals surface area (Å²) in [6, 6.07) is 10.5. The third-order valence-corrected chi connectivity index (χ3v) is 7.79. The van der Waals surface area contributed by atoms with E-state index in [1.807, 2.05) is 6.07 Å². The zero-order chi connectivity index (χ0) is 26.2. The molecule has 2 aliphatic rings. The summed E-state index contributed by atoms with van der Waals surface area (Å²) >= 11 is 0. The topological polar surface area (TPSA) is 86.8 Å². The monoisotopic (exact) mass is 522 g/mol. The summed E-state index contributed by atoms with van der Waals surface area (Å²) in [4.78, 5) is 19.4. The Bertz CT molecular complexity index is 1470. The average molecular weight is 523 g/mol. The fourth-order valence-electron chi connectivity index (χ4n) is 5.63. The number of benzene rings is 2. The van der Waals surface area contributed by atoms with Gasteiger partial charge in [0.2, 0.25) is 5.78 Å². The van der Waals surface area contributed by atoms with Crippen molar-refractivity contribution in [2.45, 2.75) is 44.3 Å². The van der Waals surface area contributed by atoms with Crippen molar-refractivity contribution in [3.63, 3.8) is 0 Å². The number of nitrogens with one attached hydrogen (secondary N) is 2. The molecule has 0 unspecified atom stereocenters. The number of rotatable bonds is 7. The summed E-state index contributed by atoms with van der Waals surface area (Å²) in [6.45, 7) is 3.81. The standard InChI is InChI=1S/C28H32F2N6O2/c29-20-8-13-34(14-9-20)12-2-11-32-27(37)19-5-7-25-26(16-19)36(38)28-33-24(17-35(25)28)21-6-4-18(15-22(21)30)23-3-1-10-31-23/h4-7,15-17,20,23,31,38H,1-3,8-14H2,(H,32,37)/t23-/m0/s1. The molecule has 2 aromatic heterocycles. The molecule has 0 spiro atoms. The van der Waals surface area contributed by atoms with E-state index in [1.165, 1.54) is 0 Å². The van der Waals surface area contributed by atoms with Crippen LogP contribution < -0.4 is 10.6 Å². The van der Waals surface area contributed by atoms with Gasteiger partial charge in [-0.3, -0.25) is 9.20 Å². The van der Waals surface area contributed by atoms with Crippen LogP contribution in [0.15, 0.2) is 42.6 Å². The number of nitrogens with zero attached hydrogens (tertiary/aromatic N) is 4. The van der Waals surface area contributed by atoms with Gasteiger partial charge in [-0.25, -0.2) is 13.8 Å². The third-order valence-electron chi connectivity index (χ3n) is 7.79. The molecular formula is C28H32F2N6O2. The summed E-state index contributed by atoms with van der Waals surface area (Å²) in [5.74, 6) is -0.338. The number of hydrogen-bond acceptors (Lipinski definition) is 5. The molecule has 4 heterocycles. The van der Waals surface area contributed by atoms with Crippen LogP contribution in [0.1, 0.15) is 54.1 Å². The lowest BCUT2D eigenvalue weighted by Crippen LogP contribution is -2.36. The third kappa shape index (κ3) is 4.74. The quantitative estimate of drug-likeness (QED) is 0.249. The van der Waals surface area contributed by atoms with Crippen LogP contribution in [-0.2, 0) is 0 Å². The first-order chi connectivity index (χ1) is 18.5. The zero-order valence-corrected chi connectivity index (χ0v) is 21.2. The first kappa shape index (κ1) is 24.8. The van der Waals surface area contributed by atoms with Crippen molar-refractivity contribution in [3.8, 4) is 11.3 Å². The minimum atomic E-state index is -0.687. The Hall–Kier alpha value is -3.50. The van der Waals surface area contributed by atoms with E-state index in [4.69, 9.17) is 0 Å². The Labute approximate surface area is 219 Å². The number of carbonyl (C=O) groups excluding carboxylic acids is 1. The molecule has 200 valence electrons. The Morgan fingerprint density at radius 1 is 1.13 bits per heavy atom. The van der Waals surface area contributed by atoms with E-state index in [-0.39, 0.29) is 23.5 Å². The van der Waals surface area contributed by atoms with Crippen molar-refractivity contribution in [1.82, 2.24) is 29.6 Å². The van der Waals surface area contributed by atoms with E-state index in [0.29, 0.717) is 47.2 Å². The van der Waals surface area contributed by atoms with Gasteiger partial charge in [0.1, 0.15) is 17.5 Å². The number of halogens is 2. The number of fused-ring (bicyclic) bond motifs is 3. The highest BCUT2D eigenvalue weighted by molar-refractivity contribution is 5.98. The van der Waals surface area contributed by atoms with Gasteiger partial charge in [0.05, 0.1) is 11.2 Å². The minimum Gasteiger partial charge on any atom is -0.425 e. The Kier molecular flexibility index (Phi) is 6.75. The van der Waals surface area contributed by atoms with Crippen LogP contribution >= 0.6 is 0 Å². The molecule has 0 radical (unpaired) electrons. The second-order valence-electron chi connectivity index (χ2n) is 10.3. The molecule has 2 aliphatic heterocycles. The van der Waals surface area contributed by atoms with Crippen molar-refractivity contribution in [1.29, 1.82) is 0 Å². The number of alkyl halides is 1. The maximum Gasteiger partial charge on any atom is 0.251 e. The lowest BCUT2D eigenvalue weighted by Gasteiger charge is -2.28. The van der Waals surface area contributed by atoms with Gasteiger partial charge in [-0.15, -0.1) is 4.73 Å². The van der Waals surface area contributed by atoms with Crippen molar-refractivity contribution in [2.24, 2.45) is 0 Å². The largest absolute Gasteiger partial charge is 0.425 e. The number of amides is 1. The number of likely N-dealkylation sites (tertiary alicyclic amines) is 1. The second-order valence-corrected chi connectivity index (χ2v) is 10.3. The maximum absolute atomic E-state index is 15.0. The predicted molar refractivity (Wildman–Crippen MR) is 141 cm³/mol. The van der Waals surface area contributed by atoms with Gasteiger partial charge < -0.3 is 20.7 Å². The average Bonchev–Trinajstić information content (AvgIpc) is 3.66. The van der Waals surface area contributed by atoms with E-state index >= 15 is 4.39 Å². The summed E-state index contributed by atoms with van der Waals surface area (Å²) in [5.41, 5.74) is 3.23. The lowest BCUT2D eigenvalue weighted by molar-refractivity contribution is 0.0950. The molecule has 3 N–H and O–H groups in total. The fourth-order valence-corrected chi connectivity index (χ4v) is 5.63. The first-order valence-electron chi connectivity index (χ1n) is 13.4. The number of imidazole rings is 2. The molecule has 10 heteroatoms. The van der Waals surface area contributed by atoms with Crippen LogP contribution in [0, 0.1) is 5.82 Å². The SMILES string of the molecule is O=C(NCCCN1CCC(F)CC1)c1ccc2c(c1)n(O)c1nc(-c3ccc([C@@H]4CCCN4)cc3F)cn21. The normalized spacial score (nSPS) is 19.1. The van der Waals surface area contributed by atoms with E-state index in [2.05, 4.69) is 20.5 Å². The molecule has 6 rings (SSSR count). The molecule has 2 fully saturated rings. The predicted octanol–water partition coefficient (Wildman–Crippen LogP) is 4.31. The van der Waals surface area contributed by atoms with Crippen molar-refractivity contribution >= 4 is 22.7 Å². The highest BCUT2D eigenvalue weighted by Crippen LogP contribution is 2.30. The van der Waals surface area contributed by atoms with E-state index in [0.717, 1.165) is 55.7 Å².